The molecule has 0 spiro atoms. The van der Waals surface area contributed by atoms with Gasteiger partial charge in [-0.3, -0.25) is 9.59 Å². The zero-order valence-corrected chi connectivity index (χ0v) is 16.7. The number of amides is 2. The second kappa shape index (κ2) is 14.3. The molecule has 0 aromatic heterocycles. The lowest BCUT2D eigenvalue weighted by atomic mass is 10.4. The van der Waals surface area contributed by atoms with Crippen LogP contribution in [0.2, 0.25) is 0 Å². The highest BCUT2D eigenvalue weighted by Crippen LogP contribution is 1.93. The van der Waals surface area contributed by atoms with Crippen LogP contribution in [0.3, 0.4) is 0 Å². The van der Waals surface area contributed by atoms with Gasteiger partial charge in [0.25, 0.3) is 0 Å². The second-order valence-corrected chi connectivity index (χ2v) is 5.62. The van der Waals surface area contributed by atoms with E-state index in [0.717, 1.165) is 0 Å². The standard InChI is InChI=1S/C18H24N2O10/c1-11(2)15(23)27-7-9-29-17(25)13(21)19-5-6-20-14(22)18(26)30-10-8-28-16(24)12(3)4/h1,3,5-10H2,2,4H3,(H,19,21)(H,20,22). The number of esters is 4. The van der Waals surface area contributed by atoms with E-state index in [4.69, 9.17) is 0 Å². The number of hydrogen-bond acceptors (Lipinski definition) is 10. The van der Waals surface area contributed by atoms with Gasteiger partial charge >= 0.3 is 35.7 Å². The molecule has 0 unspecified atom stereocenters. The Morgan fingerprint density at radius 2 is 0.833 bits per heavy atom. The molecular weight excluding hydrogens is 404 g/mol. The van der Waals surface area contributed by atoms with Crippen LogP contribution in [0.25, 0.3) is 0 Å². The largest absolute Gasteiger partial charge is 0.459 e. The summed E-state index contributed by atoms with van der Waals surface area (Å²) in [6, 6.07) is 0. The summed E-state index contributed by atoms with van der Waals surface area (Å²) in [6.45, 7) is 8.15. The molecule has 0 aliphatic rings. The van der Waals surface area contributed by atoms with Crippen LogP contribution in [0.4, 0.5) is 0 Å². The van der Waals surface area contributed by atoms with Crippen LogP contribution in [-0.2, 0) is 47.7 Å². The molecule has 0 radical (unpaired) electrons. The van der Waals surface area contributed by atoms with Crippen molar-refractivity contribution in [2.24, 2.45) is 0 Å². The molecule has 166 valence electrons. The molecular formula is C18H24N2O10. The van der Waals surface area contributed by atoms with E-state index in [2.05, 4.69) is 42.7 Å². The number of carbonyl (C=O) groups is 6. The van der Waals surface area contributed by atoms with Gasteiger partial charge in [-0.25, -0.2) is 19.2 Å². The van der Waals surface area contributed by atoms with Crippen LogP contribution in [0.5, 0.6) is 0 Å². The third-order valence-electron chi connectivity index (χ3n) is 2.86. The molecule has 0 aliphatic carbocycles. The summed E-state index contributed by atoms with van der Waals surface area (Å²) in [5, 5.41) is 4.30. The molecule has 0 aromatic carbocycles. The third-order valence-corrected chi connectivity index (χ3v) is 2.86. The summed E-state index contributed by atoms with van der Waals surface area (Å²) in [7, 11) is 0. The van der Waals surface area contributed by atoms with Crippen LogP contribution in [0.15, 0.2) is 24.3 Å². The number of hydrogen-bond donors (Lipinski definition) is 2. The highest BCUT2D eigenvalue weighted by atomic mass is 16.6. The monoisotopic (exact) mass is 428 g/mol. The number of nitrogens with one attached hydrogen (secondary N) is 2. The van der Waals surface area contributed by atoms with E-state index in [1.807, 2.05) is 0 Å². The zero-order valence-electron chi connectivity index (χ0n) is 16.7. The molecule has 0 aromatic rings. The van der Waals surface area contributed by atoms with Gasteiger partial charge in [0.1, 0.15) is 26.4 Å². The van der Waals surface area contributed by atoms with Gasteiger partial charge in [0.05, 0.1) is 0 Å². The SMILES string of the molecule is C=C(C)C(=O)OCCOC(=O)C(=O)NCCNC(=O)C(=O)OCCOC(=O)C(=C)C. The van der Waals surface area contributed by atoms with Crippen molar-refractivity contribution in [3.63, 3.8) is 0 Å². The molecule has 12 nitrogen and oxygen atoms in total. The molecule has 2 N–H and O–H groups in total. The van der Waals surface area contributed by atoms with Crippen molar-refractivity contribution in [3.8, 4) is 0 Å². The quantitative estimate of drug-likeness (QED) is 0.131. The summed E-state index contributed by atoms with van der Waals surface area (Å²) < 4.78 is 18.5. The first-order valence-electron chi connectivity index (χ1n) is 8.61. The van der Waals surface area contributed by atoms with Crippen molar-refractivity contribution in [1.29, 1.82) is 0 Å². The normalized spacial score (nSPS) is 9.53. The van der Waals surface area contributed by atoms with Crippen LogP contribution >= 0.6 is 0 Å². The van der Waals surface area contributed by atoms with Gasteiger partial charge in [-0.15, -0.1) is 0 Å². The predicted molar refractivity (Wildman–Crippen MR) is 99.5 cm³/mol. The lowest BCUT2D eigenvalue weighted by Gasteiger charge is -2.08. The van der Waals surface area contributed by atoms with Crippen LogP contribution in [-0.4, -0.2) is 75.2 Å². The summed E-state index contributed by atoms with van der Waals surface area (Å²) in [5.74, 6) is -5.90. The minimum absolute atomic E-state index is 0.173. The molecule has 2 amide bonds. The van der Waals surface area contributed by atoms with Crippen LogP contribution < -0.4 is 10.6 Å². The van der Waals surface area contributed by atoms with Gasteiger partial charge < -0.3 is 29.6 Å². The highest BCUT2D eigenvalue weighted by Gasteiger charge is 2.17. The first kappa shape index (κ1) is 26.3. The van der Waals surface area contributed by atoms with Gasteiger partial charge in [-0.2, -0.15) is 0 Å². The molecule has 0 aliphatic heterocycles. The molecule has 0 fully saturated rings. The van der Waals surface area contributed by atoms with E-state index in [-0.39, 0.29) is 50.7 Å². The Kier molecular flexibility index (Phi) is 12.6. The van der Waals surface area contributed by atoms with E-state index in [0.29, 0.717) is 0 Å². The summed E-state index contributed by atoms with van der Waals surface area (Å²) in [5.41, 5.74) is 0.354. The van der Waals surface area contributed by atoms with E-state index >= 15 is 0 Å². The fraction of sp³-hybridized carbons (Fsp3) is 0.444. The molecule has 0 rings (SSSR count). The van der Waals surface area contributed by atoms with Crippen molar-refractivity contribution >= 4 is 35.7 Å². The molecule has 0 saturated carbocycles. The lowest BCUT2D eigenvalue weighted by molar-refractivity contribution is -0.157. The summed E-state index contributed by atoms with van der Waals surface area (Å²) in [6.07, 6.45) is 0. The fourth-order valence-electron chi connectivity index (χ4n) is 1.41. The van der Waals surface area contributed by atoms with Crippen molar-refractivity contribution in [1.82, 2.24) is 10.6 Å². The smallest absolute Gasteiger partial charge is 0.396 e. The summed E-state index contributed by atoms with van der Waals surface area (Å²) in [4.78, 5) is 67.9. The minimum Gasteiger partial charge on any atom is -0.459 e. The average Bonchev–Trinajstić information content (AvgIpc) is 2.70. The lowest BCUT2D eigenvalue weighted by Crippen LogP contribution is -2.41. The van der Waals surface area contributed by atoms with Crippen LogP contribution in [0, 0.1) is 0 Å². The molecule has 0 heterocycles. The molecule has 0 bridgehead atoms. The van der Waals surface area contributed by atoms with Gasteiger partial charge in [0, 0.05) is 24.2 Å². The first-order valence-corrected chi connectivity index (χ1v) is 8.61. The van der Waals surface area contributed by atoms with E-state index in [1.54, 1.807) is 0 Å². The Balaban J connectivity index is 3.88. The van der Waals surface area contributed by atoms with Gasteiger partial charge in [0.15, 0.2) is 0 Å². The average molecular weight is 428 g/mol. The number of ether oxygens (including phenoxy) is 4. The van der Waals surface area contributed by atoms with Crippen LogP contribution in [0.1, 0.15) is 13.8 Å². The van der Waals surface area contributed by atoms with E-state index in [9.17, 15) is 28.8 Å². The first-order chi connectivity index (χ1) is 14.1. The van der Waals surface area contributed by atoms with Gasteiger partial charge in [-0.1, -0.05) is 13.2 Å². The molecule has 0 saturated heterocycles. The highest BCUT2D eigenvalue weighted by molar-refractivity contribution is 6.33. The molecule has 0 atom stereocenters. The Bertz CT molecular complexity index is 654. The second-order valence-electron chi connectivity index (χ2n) is 5.62. The van der Waals surface area contributed by atoms with Crippen molar-refractivity contribution < 1.29 is 47.7 Å². The van der Waals surface area contributed by atoms with Gasteiger partial charge in [-0.05, 0) is 13.8 Å². The van der Waals surface area contributed by atoms with Crippen molar-refractivity contribution in [2.45, 2.75) is 13.8 Å². The summed E-state index contributed by atoms with van der Waals surface area (Å²) >= 11 is 0. The van der Waals surface area contributed by atoms with Crippen molar-refractivity contribution in [2.75, 3.05) is 39.5 Å². The van der Waals surface area contributed by atoms with Crippen molar-refractivity contribution in [3.05, 3.63) is 24.3 Å². The van der Waals surface area contributed by atoms with E-state index < -0.39 is 35.7 Å². The van der Waals surface area contributed by atoms with E-state index in [1.165, 1.54) is 13.8 Å². The maximum absolute atomic E-state index is 11.5. The maximum Gasteiger partial charge on any atom is 0.396 e. The third kappa shape index (κ3) is 11.9. The molecule has 30 heavy (non-hydrogen) atoms. The Labute approximate surface area is 172 Å². The van der Waals surface area contributed by atoms with Gasteiger partial charge in [0.2, 0.25) is 0 Å². The Morgan fingerprint density at radius 3 is 1.10 bits per heavy atom. The number of rotatable bonds is 11. The number of carbonyl (C=O) groups excluding carboxylic acids is 6. The topological polar surface area (TPSA) is 163 Å². The maximum atomic E-state index is 11.5. The predicted octanol–water partition coefficient (Wildman–Crippen LogP) is -1.46. The minimum atomic E-state index is -1.21. The zero-order chi connectivity index (χ0) is 23.1. The Morgan fingerprint density at radius 1 is 0.567 bits per heavy atom. The molecule has 12 heteroatoms. The fourth-order valence-corrected chi connectivity index (χ4v) is 1.41. The Hall–Kier alpha value is -3.70.